The number of amides is 1. The summed E-state index contributed by atoms with van der Waals surface area (Å²) in [6.45, 7) is 0. The topological polar surface area (TPSA) is 79.2 Å². The summed E-state index contributed by atoms with van der Waals surface area (Å²) in [5, 5.41) is 11.1. The van der Waals surface area contributed by atoms with Gasteiger partial charge < -0.3 is 10.1 Å². The van der Waals surface area contributed by atoms with Gasteiger partial charge >= 0.3 is 11.9 Å². The van der Waals surface area contributed by atoms with E-state index in [0.717, 1.165) is 7.11 Å². The predicted molar refractivity (Wildman–Crippen MR) is 56.8 cm³/mol. The number of carbonyl (C=O) groups is 2. The molecule has 1 amide bonds. The van der Waals surface area contributed by atoms with Gasteiger partial charge in [-0.05, 0) is 18.2 Å². The molecule has 0 heterocycles. The van der Waals surface area contributed by atoms with Gasteiger partial charge in [-0.1, -0.05) is 11.6 Å². The van der Waals surface area contributed by atoms with Gasteiger partial charge in [-0.25, -0.2) is 4.79 Å². The number of nitriles is 1. The molecule has 0 aliphatic heterocycles. The first kappa shape index (κ1) is 12.0. The number of hydrogen-bond donors (Lipinski definition) is 1. The summed E-state index contributed by atoms with van der Waals surface area (Å²) in [4.78, 5) is 21.9. The SMILES string of the molecule is COC(=O)C(=O)Nc1ccc(C#N)c(Cl)c1. The molecule has 0 unspecified atom stereocenters. The van der Waals surface area contributed by atoms with Crippen molar-refractivity contribution < 1.29 is 14.3 Å². The highest BCUT2D eigenvalue weighted by molar-refractivity contribution is 6.37. The Morgan fingerprint density at radius 3 is 2.69 bits per heavy atom. The standard InChI is InChI=1S/C10H7ClN2O3/c1-16-10(15)9(14)13-7-3-2-6(5-12)8(11)4-7/h2-4H,1H3,(H,13,14). The molecule has 6 heteroatoms. The molecule has 0 fully saturated rings. The summed E-state index contributed by atoms with van der Waals surface area (Å²) >= 11 is 5.74. The molecule has 0 atom stereocenters. The zero-order valence-corrected chi connectivity index (χ0v) is 9.04. The van der Waals surface area contributed by atoms with Crippen molar-refractivity contribution in [2.24, 2.45) is 0 Å². The molecule has 1 rings (SSSR count). The largest absolute Gasteiger partial charge is 0.462 e. The van der Waals surface area contributed by atoms with Crippen molar-refractivity contribution in [3.8, 4) is 6.07 Å². The average Bonchev–Trinajstić information content (AvgIpc) is 2.28. The van der Waals surface area contributed by atoms with Gasteiger partial charge in [0, 0.05) is 5.69 Å². The number of esters is 1. The van der Waals surface area contributed by atoms with Crippen LogP contribution >= 0.6 is 11.6 Å². The second-order valence-electron chi connectivity index (χ2n) is 2.75. The van der Waals surface area contributed by atoms with Crippen molar-refractivity contribution >= 4 is 29.2 Å². The molecule has 1 N–H and O–H groups in total. The first-order valence-corrected chi connectivity index (χ1v) is 4.55. The Kier molecular flexibility index (Phi) is 3.86. The Hall–Kier alpha value is -2.06. The number of halogens is 1. The second kappa shape index (κ2) is 5.14. The van der Waals surface area contributed by atoms with Gasteiger partial charge in [-0.3, -0.25) is 4.79 Å². The van der Waals surface area contributed by atoms with Gasteiger partial charge in [0.2, 0.25) is 0 Å². The van der Waals surface area contributed by atoms with E-state index >= 15 is 0 Å². The Labute approximate surface area is 96.6 Å². The fraction of sp³-hybridized carbons (Fsp3) is 0.100. The number of ether oxygens (including phenoxy) is 1. The normalized spacial score (nSPS) is 9.06. The summed E-state index contributed by atoms with van der Waals surface area (Å²) in [6, 6.07) is 6.15. The number of benzene rings is 1. The summed E-state index contributed by atoms with van der Waals surface area (Å²) in [6.07, 6.45) is 0. The molecule has 1 aromatic rings. The van der Waals surface area contributed by atoms with Crippen molar-refractivity contribution in [3.63, 3.8) is 0 Å². The van der Waals surface area contributed by atoms with E-state index in [1.165, 1.54) is 18.2 Å². The van der Waals surface area contributed by atoms with E-state index in [9.17, 15) is 9.59 Å². The fourth-order valence-corrected chi connectivity index (χ4v) is 1.18. The molecule has 5 nitrogen and oxygen atoms in total. The lowest BCUT2D eigenvalue weighted by molar-refractivity contribution is -0.150. The van der Waals surface area contributed by atoms with Crippen LogP contribution in [-0.2, 0) is 14.3 Å². The maximum atomic E-state index is 11.1. The molecule has 0 spiro atoms. The van der Waals surface area contributed by atoms with Crippen LogP contribution in [0, 0.1) is 11.3 Å². The summed E-state index contributed by atoms with van der Waals surface area (Å²) in [7, 11) is 1.10. The molecule has 0 aliphatic rings. The Morgan fingerprint density at radius 2 is 2.19 bits per heavy atom. The van der Waals surface area contributed by atoms with Crippen LogP contribution in [0.3, 0.4) is 0 Å². The van der Waals surface area contributed by atoms with E-state index < -0.39 is 11.9 Å². The highest BCUT2D eigenvalue weighted by Crippen LogP contribution is 2.20. The number of rotatable bonds is 1. The lowest BCUT2D eigenvalue weighted by Gasteiger charge is -2.04. The summed E-state index contributed by atoms with van der Waals surface area (Å²) in [5.41, 5.74) is 0.608. The minimum absolute atomic E-state index is 0.199. The number of carbonyl (C=O) groups excluding carboxylic acids is 2. The van der Waals surface area contributed by atoms with Crippen molar-refractivity contribution in [2.75, 3.05) is 12.4 Å². The quantitative estimate of drug-likeness (QED) is 0.591. The minimum Gasteiger partial charge on any atom is -0.462 e. The monoisotopic (exact) mass is 238 g/mol. The molecule has 82 valence electrons. The first-order valence-electron chi connectivity index (χ1n) is 4.17. The van der Waals surface area contributed by atoms with Gasteiger partial charge in [0.05, 0.1) is 17.7 Å². The number of hydrogen-bond acceptors (Lipinski definition) is 4. The van der Waals surface area contributed by atoms with Crippen molar-refractivity contribution in [2.45, 2.75) is 0 Å². The zero-order valence-electron chi connectivity index (χ0n) is 8.28. The highest BCUT2D eigenvalue weighted by Gasteiger charge is 2.14. The van der Waals surface area contributed by atoms with Crippen LogP contribution in [0.2, 0.25) is 5.02 Å². The highest BCUT2D eigenvalue weighted by atomic mass is 35.5. The van der Waals surface area contributed by atoms with Crippen LogP contribution in [-0.4, -0.2) is 19.0 Å². The first-order chi connectivity index (χ1) is 7.58. The number of anilines is 1. The molecule has 0 aromatic heterocycles. The van der Waals surface area contributed by atoms with Gasteiger partial charge in [-0.15, -0.1) is 0 Å². The Morgan fingerprint density at radius 1 is 1.50 bits per heavy atom. The van der Waals surface area contributed by atoms with Crippen molar-refractivity contribution in [1.82, 2.24) is 0 Å². The zero-order chi connectivity index (χ0) is 12.1. The van der Waals surface area contributed by atoms with E-state index in [1.807, 2.05) is 6.07 Å². The van der Waals surface area contributed by atoms with Crippen LogP contribution in [0.5, 0.6) is 0 Å². The molecule has 0 bridgehead atoms. The van der Waals surface area contributed by atoms with E-state index in [1.54, 1.807) is 0 Å². The van der Waals surface area contributed by atoms with Gasteiger partial charge in [0.1, 0.15) is 6.07 Å². The van der Waals surface area contributed by atoms with Crippen LogP contribution in [0.1, 0.15) is 5.56 Å². The van der Waals surface area contributed by atoms with E-state index in [4.69, 9.17) is 16.9 Å². The lowest BCUT2D eigenvalue weighted by atomic mass is 10.2. The molecule has 0 radical (unpaired) electrons. The van der Waals surface area contributed by atoms with Gasteiger partial charge in [0.15, 0.2) is 0 Å². The maximum absolute atomic E-state index is 11.1. The average molecular weight is 239 g/mol. The van der Waals surface area contributed by atoms with Crippen molar-refractivity contribution in [3.05, 3.63) is 28.8 Å². The molecule has 0 aliphatic carbocycles. The summed E-state index contributed by atoms with van der Waals surface area (Å²) in [5.74, 6) is -1.90. The maximum Gasteiger partial charge on any atom is 0.396 e. The smallest absolute Gasteiger partial charge is 0.396 e. The molecule has 1 aromatic carbocycles. The number of nitrogens with one attached hydrogen (secondary N) is 1. The molecule has 0 saturated carbocycles. The van der Waals surface area contributed by atoms with E-state index in [2.05, 4.69) is 10.1 Å². The van der Waals surface area contributed by atoms with Crippen LogP contribution in [0.15, 0.2) is 18.2 Å². The Balaban J connectivity index is 2.84. The molecular weight excluding hydrogens is 232 g/mol. The third-order valence-corrected chi connectivity index (χ3v) is 2.03. The second-order valence-corrected chi connectivity index (χ2v) is 3.16. The predicted octanol–water partition coefficient (Wildman–Crippen LogP) is 1.32. The third-order valence-electron chi connectivity index (χ3n) is 1.72. The van der Waals surface area contributed by atoms with Crippen molar-refractivity contribution in [1.29, 1.82) is 5.26 Å². The van der Waals surface area contributed by atoms with E-state index in [-0.39, 0.29) is 10.6 Å². The van der Waals surface area contributed by atoms with Gasteiger partial charge in [-0.2, -0.15) is 5.26 Å². The molecule has 16 heavy (non-hydrogen) atoms. The molecular formula is C10H7ClN2O3. The minimum atomic E-state index is -1.000. The van der Waals surface area contributed by atoms with Crippen LogP contribution in [0.4, 0.5) is 5.69 Å². The summed E-state index contributed by atoms with van der Waals surface area (Å²) < 4.78 is 4.22. The third kappa shape index (κ3) is 2.72. The lowest BCUT2D eigenvalue weighted by Crippen LogP contribution is -2.23. The van der Waals surface area contributed by atoms with Gasteiger partial charge in [0.25, 0.3) is 0 Å². The number of nitrogens with zero attached hydrogens (tertiary/aromatic N) is 1. The van der Waals surface area contributed by atoms with E-state index in [0.29, 0.717) is 5.69 Å². The van der Waals surface area contributed by atoms with Crippen LogP contribution in [0.25, 0.3) is 0 Å². The van der Waals surface area contributed by atoms with Crippen LogP contribution < -0.4 is 5.32 Å². The number of methoxy groups -OCH3 is 1. The fourth-order valence-electron chi connectivity index (χ4n) is 0.958. The molecule has 0 saturated heterocycles. The Bertz CT molecular complexity index is 479.